The summed E-state index contributed by atoms with van der Waals surface area (Å²) in [6.45, 7) is 8.08. The van der Waals surface area contributed by atoms with E-state index in [9.17, 15) is 14.0 Å². The van der Waals surface area contributed by atoms with Gasteiger partial charge in [0.1, 0.15) is 22.9 Å². The van der Waals surface area contributed by atoms with Gasteiger partial charge in [0.15, 0.2) is 11.4 Å². The molecule has 0 atom stereocenters. The maximum Gasteiger partial charge on any atom is 0.325 e. The van der Waals surface area contributed by atoms with Crippen LogP contribution in [0.1, 0.15) is 32.0 Å². The van der Waals surface area contributed by atoms with Crippen LogP contribution in [-0.2, 0) is 5.41 Å². The highest BCUT2D eigenvalue weighted by Gasteiger charge is 2.22. The van der Waals surface area contributed by atoms with Crippen LogP contribution in [0, 0.1) is 12.7 Å². The van der Waals surface area contributed by atoms with Crippen molar-refractivity contribution < 1.29 is 13.9 Å². The van der Waals surface area contributed by atoms with Crippen LogP contribution >= 0.6 is 0 Å². The van der Waals surface area contributed by atoms with Crippen LogP contribution in [0.3, 0.4) is 0 Å². The van der Waals surface area contributed by atoms with E-state index < -0.39 is 17.5 Å². The number of aryl methyl sites for hydroxylation is 1. The van der Waals surface area contributed by atoms with Crippen molar-refractivity contribution in [3.63, 3.8) is 0 Å². The molecule has 0 saturated carbocycles. The third kappa shape index (κ3) is 5.12. The number of aromatic amines is 2. The zero-order valence-corrected chi connectivity index (χ0v) is 21.2. The number of pyridine rings is 1. The smallest absolute Gasteiger partial charge is 0.325 e. The lowest BCUT2D eigenvalue weighted by atomic mass is 9.92. The topological polar surface area (TPSA) is 130 Å². The zero-order chi connectivity index (χ0) is 27.0. The molecule has 0 radical (unpaired) electrons. The number of benzene rings is 2. The number of H-pyrrole nitrogens is 2. The second-order valence-corrected chi connectivity index (χ2v) is 9.85. The lowest BCUT2D eigenvalue weighted by Gasteiger charge is -2.14. The first-order valence-corrected chi connectivity index (χ1v) is 11.9. The van der Waals surface area contributed by atoms with E-state index in [-0.39, 0.29) is 16.9 Å². The van der Waals surface area contributed by atoms with E-state index in [1.165, 1.54) is 18.3 Å². The number of nitrogens with zero attached hydrogens (tertiary/aromatic N) is 3. The lowest BCUT2D eigenvalue weighted by molar-refractivity contribution is 0.262. The summed E-state index contributed by atoms with van der Waals surface area (Å²) in [5.41, 5.74) is 2.63. The predicted octanol–water partition coefficient (Wildman–Crippen LogP) is 5.62. The number of hydrogen-bond acceptors (Lipinski definition) is 5. The quantitative estimate of drug-likeness (QED) is 0.241. The van der Waals surface area contributed by atoms with Gasteiger partial charge in [0, 0.05) is 29.8 Å². The monoisotopic (exact) mass is 515 g/mol. The van der Waals surface area contributed by atoms with Gasteiger partial charge in [-0.15, -0.1) is 0 Å². The summed E-state index contributed by atoms with van der Waals surface area (Å²) in [4.78, 5) is 33.6. The second kappa shape index (κ2) is 9.51. The minimum Gasteiger partial charge on any atom is -0.455 e. The van der Waals surface area contributed by atoms with E-state index in [1.807, 2.05) is 52.0 Å². The average molecular weight is 516 g/mol. The molecule has 4 N–H and O–H groups in total. The minimum atomic E-state index is -0.701. The van der Waals surface area contributed by atoms with Gasteiger partial charge in [0.25, 0.3) is 0 Å². The van der Waals surface area contributed by atoms with Gasteiger partial charge in [-0.2, -0.15) is 5.10 Å². The number of ether oxygens (including phenoxy) is 1. The first kappa shape index (κ1) is 24.8. The van der Waals surface area contributed by atoms with E-state index >= 15 is 0 Å². The van der Waals surface area contributed by atoms with E-state index in [2.05, 4.69) is 30.7 Å². The molecule has 0 unspecified atom stereocenters. The number of carbonyl (C=O) groups is 1. The van der Waals surface area contributed by atoms with Crippen molar-refractivity contribution in [1.82, 2.24) is 24.7 Å². The Hall–Kier alpha value is -4.93. The molecule has 3 heterocycles. The van der Waals surface area contributed by atoms with E-state index in [4.69, 9.17) is 4.74 Å². The summed E-state index contributed by atoms with van der Waals surface area (Å²) < 4.78 is 22.3. The van der Waals surface area contributed by atoms with Crippen LogP contribution in [0.5, 0.6) is 11.5 Å². The van der Waals surface area contributed by atoms with Gasteiger partial charge >= 0.3 is 11.7 Å². The minimum absolute atomic E-state index is 0.0396. The predicted molar refractivity (Wildman–Crippen MR) is 143 cm³/mol. The Morgan fingerprint density at radius 2 is 1.79 bits per heavy atom. The molecule has 3 aromatic heterocycles. The van der Waals surface area contributed by atoms with Gasteiger partial charge in [-0.25, -0.2) is 23.6 Å². The third-order valence-electron chi connectivity index (χ3n) is 5.80. The number of nitrogens with one attached hydrogen (secondary N) is 4. The number of hydrogen-bond donors (Lipinski definition) is 4. The van der Waals surface area contributed by atoms with Crippen LogP contribution in [-0.4, -0.2) is 30.8 Å². The highest BCUT2D eigenvalue weighted by molar-refractivity contribution is 5.99. The third-order valence-corrected chi connectivity index (χ3v) is 5.80. The Kier molecular flexibility index (Phi) is 6.19. The first-order chi connectivity index (χ1) is 18.1. The van der Waals surface area contributed by atoms with Crippen molar-refractivity contribution >= 4 is 28.7 Å². The van der Waals surface area contributed by atoms with Gasteiger partial charge < -0.3 is 15.0 Å². The number of anilines is 2. The van der Waals surface area contributed by atoms with E-state index in [0.29, 0.717) is 22.7 Å². The number of amides is 2. The Morgan fingerprint density at radius 3 is 2.50 bits per heavy atom. The molecule has 0 saturated heterocycles. The van der Waals surface area contributed by atoms with Gasteiger partial charge in [-0.3, -0.25) is 10.3 Å². The number of fused-ring (bicyclic) bond motifs is 1. The van der Waals surface area contributed by atoms with E-state index in [0.717, 1.165) is 23.0 Å². The Morgan fingerprint density at radius 1 is 1.03 bits per heavy atom. The summed E-state index contributed by atoms with van der Waals surface area (Å²) in [5.74, 6) is 0.215. The lowest BCUT2D eigenvalue weighted by Crippen LogP contribution is -2.22. The van der Waals surface area contributed by atoms with Gasteiger partial charge in [0.05, 0.1) is 17.1 Å². The number of rotatable bonds is 5. The molecule has 2 aromatic carbocycles. The molecule has 0 spiro atoms. The normalized spacial score (nSPS) is 11.5. The zero-order valence-electron chi connectivity index (χ0n) is 21.2. The van der Waals surface area contributed by atoms with Crippen LogP contribution in [0.4, 0.5) is 20.7 Å². The van der Waals surface area contributed by atoms with Crippen molar-refractivity contribution in [2.75, 3.05) is 10.6 Å². The molecule has 38 heavy (non-hydrogen) atoms. The molecule has 0 bridgehead atoms. The molecule has 0 aliphatic carbocycles. The molecular formula is C27H26FN7O3. The van der Waals surface area contributed by atoms with Crippen LogP contribution < -0.4 is 21.1 Å². The molecule has 5 aromatic rings. The molecule has 194 valence electrons. The molecule has 11 heteroatoms. The summed E-state index contributed by atoms with van der Waals surface area (Å²) in [6.07, 6.45) is 1.46. The number of urea groups is 1. The van der Waals surface area contributed by atoms with Crippen molar-refractivity contribution in [3.8, 4) is 17.2 Å². The van der Waals surface area contributed by atoms with Crippen LogP contribution in [0.2, 0.25) is 0 Å². The maximum atomic E-state index is 14.9. The van der Waals surface area contributed by atoms with Gasteiger partial charge in [0.2, 0.25) is 0 Å². The molecule has 5 rings (SSSR count). The number of imidazole rings is 1. The molecular weight excluding hydrogens is 489 g/mol. The highest BCUT2D eigenvalue weighted by Crippen LogP contribution is 2.29. The average Bonchev–Trinajstić information content (AvgIpc) is 3.45. The Labute approximate surface area is 216 Å². The molecule has 10 nitrogen and oxygen atoms in total. The Balaban J connectivity index is 1.34. The van der Waals surface area contributed by atoms with Crippen LogP contribution in [0.25, 0.3) is 16.9 Å². The summed E-state index contributed by atoms with van der Waals surface area (Å²) in [5, 5.41) is 10.00. The molecule has 2 amide bonds. The summed E-state index contributed by atoms with van der Waals surface area (Å²) >= 11 is 0. The number of aromatic nitrogens is 5. The number of carbonyl (C=O) groups excluding carboxylic acids is 1. The first-order valence-electron chi connectivity index (χ1n) is 11.9. The van der Waals surface area contributed by atoms with Crippen LogP contribution in [0.15, 0.2) is 65.6 Å². The Bertz CT molecular complexity index is 1690. The van der Waals surface area contributed by atoms with Crippen molar-refractivity contribution in [1.29, 1.82) is 0 Å². The fourth-order valence-electron chi connectivity index (χ4n) is 3.77. The molecule has 0 aliphatic heterocycles. The van der Waals surface area contributed by atoms with Crippen molar-refractivity contribution in [2.24, 2.45) is 0 Å². The maximum absolute atomic E-state index is 14.9. The fourth-order valence-corrected chi connectivity index (χ4v) is 3.77. The number of halogens is 1. The standard InChI is InChI=1S/C27H26FN7O3/c1-15-5-7-16(8-6-15)35-22(14-21(34-35)27(2,3)4)31-25(36)30-19-10-9-17(13-18(19)28)38-20-11-12-29-24-23(20)32-26(37)33-24/h5-14H,1-4H3,(H2,30,31,36)(H2,29,32,33,37). The van der Waals surface area contributed by atoms with Gasteiger partial charge in [-0.1, -0.05) is 38.5 Å². The van der Waals surface area contributed by atoms with Gasteiger partial charge in [-0.05, 0) is 31.2 Å². The highest BCUT2D eigenvalue weighted by atomic mass is 19.1. The van der Waals surface area contributed by atoms with Crippen molar-refractivity contribution in [2.45, 2.75) is 33.1 Å². The molecule has 0 fully saturated rings. The SMILES string of the molecule is Cc1ccc(-n2nc(C(C)(C)C)cc2NC(=O)Nc2ccc(Oc3ccnc4[nH]c(=O)[nH]c34)cc2F)cc1. The summed E-state index contributed by atoms with van der Waals surface area (Å²) in [6, 6.07) is 14.5. The van der Waals surface area contributed by atoms with E-state index in [1.54, 1.807) is 16.8 Å². The summed E-state index contributed by atoms with van der Waals surface area (Å²) in [7, 11) is 0. The fraction of sp³-hybridized carbons (Fsp3) is 0.185. The largest absolute Gasteiger partial charge is 0.455 e. The second-order valence-electron chi connectivity index (χ2n) is 9.85. The molecule has 0 aliphatic rings. The van der Waals surface area contributed by atoms with Crippen molar-refractivity contribution in [3.05, 3.63) is 88.4 Å².